The number of hydrogen-bond acceptors (Lipinski definition) is 5. The Morgan fingerprint density at radius 1 is 1.11 bits per heavy atom. The summed E-state index contributed by atoms with van der Waals surface area (Å²) in [6.45, 7) is 4.96. The molecule has 1 fully saturated rings. The molecule has 0 aliphatic carbocycles. The first kappa shape index (κ1) is 20.3. The summed E-state index contributed by atoms with van der Waals surface area (Å²) in [6, 6.07) is 12.2. The third-order valence-corrected chi connectivity index (χ3v) is 7.65. The van der Waals surface area contributed by atoms with Crippen molar-refractivity contribution in [1.29, 1.82) is 0 Å². The highest BCUT2D eigenvalue weighted by Gasteiger charge is 2.38. The fraction of sp³-hybridized carbons (Fsp3) is 0.368. The van der Waals surface area contributed by atoms with Crippen LogP contribution >= 0.6 is 23.4 Å². The van der Waals surface area contributed by atoms with E-state index in [1.54, 1.807) is 42.1 Å². The topological polar surface area (TPSA) is 55.8 Å². The van der Waals surface area contributed by atoms with Crippen molar-refractivity contribution in [2.24, 2.45) is 0 Å². The molecule has 8 heteroatoms. The van der Waals surface area contributed by atoms with E-state index in [0.29, 0.717) is 36.3 Å². The van der Waals surface area contributed by atoms with Crippen LogP contribution in [0.5, 0.6) is 11.5 Å². The summed E-state index contributed by atoms with van der Waals surface area (Å²) >= 11 is 7.57. The lowest BCUT2D eigenvalue weighted by molar-refractivity contribution is 0.320. The van der Waals surface area contributed by atoms with Crippen LogP contribution in [0.2, 0.25) is 5.02 Å². The van der Waals surface area contributed by atoms with Gasteiger partial charge in [0.15, 0.2) is 0 Å². The first-order chi connectivity index (χ1) is 13.0. The van der Waals surface area contributed by atoms with Gasteiger partial charge in [0.1, 0.15) is 16.4 Å². The summed E-state index contributed by atoms with van der Waals surface area (Å²) in [6.07, 6.45) is 0. The van der Waals surface area contributed by atoms with Gasteiger partial charge >= 0.3 is 0 Å². The predicted octanol–water partition coefficient (Wildman–Crippen LogP) is 4.57. The largest absolute Gasteiger partial charge is 0.494 e. The van der Waals surface area contributed by atoms with Gasteiger partial charge in [0.25, 0.3) is 0 Å². The highest BCUT2D eigenvalue weighted by Crippen LogP contribution is 2.43. The highest BCUT2D eigenvalue weighted by atomic mass is 35.5. The second-order valence-corrected chi connectivity index (χ2v) is 9.35. The summed E-state index contributed by atoms with van der Waals surface area (Å²) < 4.78 is 39.6. The lowest BCUT2D eigenvalue weighted by Crippen LogP contribution is -2.31. The van der Waals surface area contributed by atoms with Crippen molar-refractivity contribution < 1.29 is 17.9 Å². The normalized spacial score (nSPS) is 17.8. The third-order valence-electron chi connectivity index (χ3n) is 4.12. The highest BCUT2D eigenvalue weighted by molar-refractivity contribution is 8.01. The molecule has 1 atom stereocenters. The van der Waals surface area contributed by atoms with Gasteiger partial charge in [-0.1, -0.05) is 23.7 Å². The second kappa shape index (κ2) is 8.73. The Morgan fingerprint density at radius 3 is 2.48 bits per heavy atom. The summed E-state index contributed by atoms with van der Waals surface area (Å²) in [5.74, 6) is 1.57. The number of benzene rings is 2. The summed E-state index contributed by atoms with van der Waals surface area (Å²) in [4.78, 5) is 0.136. The standard InChI is InChI=1S/C19H22ClNO4S2/c1-3-24-16-9-10-17(25-4-2)18(13-16)27(22,23)21-11-12-26-19(21)14-5-7-15(20)8-6-14/h5-10,13,19H,3-4,11-12H2,1-2H3. The Morgan fingerprint density at radius 2 is 1.81 bits per heavy atom. The Hall–Kier alpha value is -1.41. The van der Waals surface area contributed by atoms with Gasteiger partial charge in [0, 0.05) is 23.4 Å². The SMILES string of the molecule is CCOc1ccc(OCC)c(S(=O)(=O)N2CCSC2c2ccc(Cl)cc2)c1. The number of nitrogens with zero attached hydrogens (tertiary/aromatic N) is 1. The summed E-state index contributed by atoms with van der Waals surface area (Å²) in [7, 11) is -3.77. The summed E-state index contributed by atoms with van der Waals surface area (Å²) in [5.41, 5.74) is 0.907. The van der Waals surface area contributed by atoms with E-state index in [9.17, 15) is 8.42 Å². The molecule has 0 spiro atoms. The fourth-order valence-electron chi connectivity index (χ4n) is 2.94. The number of thioether (sulfide) groups is 1. The minimum absolute atomic E-state index is 0.136. The Bertz CT molecular complexity index is 887. The first-order valence-corrected chi connectivity index (χ1v) is 11.6. The first-order valence-electron chi connectivity index (χ1n) is 8.76. The van der Waals surface area contributed by atoms with E-state index in [2.05, 4.69) is 0 Å². The van der Waals surface area contributed by atoms with Crippen LogP contribution < -0.4 is 9.47 Å². The van der Waals surface area contributed by atoms with E-state index in [1.807, 2.05) is 26.0 Å². The third kappa shape index (κ3) is 4.37. The molecule has 0 N–H and O–H groups in total. The molecular weight excluding hydrogens is 406 g/mol. The van der Waals surface area contributed by atoms with Gasteiger partial charge in [0.2, 0.25) is 10.0 Å². The molecule has 1 saturated heterocycles. The van der Waals surface area contributed by atoms with Gasteiger partial charge in [-0.15, -0.1) is 11.8 Å². The van der Waals surface area contributed by atoms with E-state index in [1.165, 1.54) is 4.31 Å². The quantitative estimate of drug-likeness (QED) is 0.647. The number of sulfonamides is 1. The minimum Gasteiger partial charge on any atom is -0.494 e. The van der Waals surface area contributed by atoms with Crippen molar-refractivity contribution in [3.05, 3.63) is 53.1 Å². The van der Waals surface area contributed by atoms with Gasteiger partial charge in [0.05, 0.1) is 18.6 Å². The number of ether oxygens (including phenoxy) is 2. The minimum atomic E-state index is -3.77. The van der Waals surface area contributed by atoms with Gasteiger partial charge in [-0.05, 0) is 43.7 Å². The number of hydrogen-bond donors (Lipinski definition) is 0. The maximum absolute atomic E-state index is 13.5. The fourth-order valence-corrected chi connectivity index (χ4v) is 6.45. The Balaban J connectivity index is 2.01. The summed E-state index contributed by atoms with van der Waals surface area (Å²) in [5, 5.41) is 0.330. The van der Waals surface area contributed by atoms with Crippen LogP contribution in [0.1, 0.15) is 24.8 Å². The van der Waals surface area contributed by atoms with Crippen LogP contribution in [0.3, 0.4) is 0 Å². The van der Waals surface area contributed by atoms with E-state index in [4.69, 9.17) is 21.1 Å². The van der Waals surface area contributed by atoms with Gasteiger partial charge in [-0.3, -0.25) is 0 Å². The zero-order valence-corrected chi connectivity index (χ0v) is 17.6. The van der Waals surface area contributed by atoms with Crippen LogP contribution in [0.25, 0.3) is 0 Å². The molecule has 146 valence electrons. The zero-order valence-electron chi connectivity index (χ0n) is 15.2. The van der Waals surface area contributed by atoms with Gasteiger partial charge < -0.3 is 9.47 Å². The molecule has 5 nitrogen and oxygen atoms in total. The van der Waals surface area contributed by atoms with Crippen LogP contribution in [0.4, 0.5) is 0 Å². The maximum Gasteiger partial charge on any atom is 0.248 e. The lowest BCUT2D eigenvalue weighted by Gasteiger charge is -2.25. The Kier molecular flexibility index (Phi) is 6.57. The maximum atomic E-state index is 13.5. The molecule has 3 rings (SSSR count). The van der Waals surface area contributed by atoms with Crippen molar-refractivity contribution in [2.75, 3.05) is 25.5 Å². The van der Waals surface area contributed by atoms with Gasteiger partial charge in [-0.2, -0.15) is 4.31 Å². The van der Waals surface area contributed by atoms with Gasteiger partial charge in [-0.25, -0.2) is 8.42 Å². The molecule has 1 aliphatic rings. The van der Waals surface area contributed by atoms with Crippen LogP contribution in [-0.2, 0) is 10.0 Å². The van der Waals surface area contributed by atoms with Crippen molar-refractivity contribution in [3.63, 3.8) is 0 Å². The molecule has 0 bridgehead atoms. The average Bonchev–Trinajstić information content (AvgIpc) is 3.14. The second-order valence-electron chi connectivity index (χ2n) is 5.87. The number of rotatable bonds is 7. The smallest absolute Gasteiger partial charge is 0.248 e. The predicted molar refractivity (Wildman–Crippen MR) is 109 cm³/mol. The lowest BCUT2D eigenvalue weighted by atomic mass is 10.2. The van der Waals surface area contributed by atoms with E-state index < -0.39 is 10.0 Å². The van der Waals surface area contributed by atoms with E-state index >= 15 is 0 Å². The molecule has 1 heterocycles. The molecule has 1 aliphatic heterocycles. The van der Waals surface area contributed by atoms with Crippen LogP contribution in [-0.4, -0.2) is 38.2 Å². The monoisotopic (exact) mass is 427 g/mol. The molecule has 0 radical (unpaired) electrons. The molecule has 2 aromatic carbocycles. The molecule has 0 aromatic heterocycles. The molecule has 0 amide bonds. The molecule has 27 heavy (non-hydrogen) atoms. The number of halogens is 1. The van der Waals surface area contributed by atoms with E-state index in [0.717, 1.165) is 11.3 Å². The molecule has 0 saturated carbocycles. The van der Waals surface area contributed by atoms with Crippen molar-refractivity contribution in [2.45, 2.75) is 24.1 Å². The average molecular weight is 428 g/mol. The van der Waals surface area contributed by atoms with E-state index in [-0.39, 0.29) is 10.3 Å². The van der Waals surface area contributed by atoms with Crippen molar-refractivity contribution >= 4 is 33.4 Å². The van der Waals surface area contributed by atoms with Crippen LogP contribution in [0.15, 0.2) is 47.4 Å². The Labute approximate surface area is 169 Å². The molecule has 2 aromatic rings. The zero-order chi connectivity index (χ0) is 19.4. The molecule has 1 unspecified atom stereocenters. The molecular formula is C19H22ClNO4S2. The van der Waals surface area contributed by atoms with Crippen molar-refractivity contribution in [1.82, 2.24) is 4.31 Å². The van der Waals surface area contributed by atoms with Crippen molar-refractivity contribution in [3.8, 4) is 11.5 Å². The van der Waals surface area contributed by atoms with Crippen LogP contribution in [0, 0.1) is 0 Å².